The summed E-state index contributed by atoms with van der Waals surface area (Å²) in [5.74, 6) is 2.16. The number of nitrogens with one attached hydrogen (secondary N) is 1. The Morgan fingerprint density at radius 1 is 1.00 bits per heavy atom. The topological polar surface area (TPSA) is 93.0 Å². The van der Waals surface area contributed by atoms with Gasteiger partial charge in [-0.05, 0) is 49.2 Å². The maximum Gasteiger partial charge on any atom is 0.278 e. The number of carbonyl (C=O) groups is 1. The minimum Gasteiger partial charge on any atom is -0.497 e. The van der Waals surface area contributed by atoms with Crippen LogP contribution in [0.4, 0.5) is 5.69 Å². The second-order valence-corrected chi connectivity index (χ2v) is 9.05. The van der Waals surface area contributed by atoms with E-state index in [2.05, 4.69) is 12.2 Å². The molecular weight excluding hydrogens is 498 g/mol. The number of carbonyl (C=O) groups excluding carboxylic acids is 1. The van der Waals surface area contributed by atoms with E-state index in [1.54, 1.807) is 30.0 Å². The van der Waals surface area contributed by atoms with Gasteiger partial charge in [0.15, 0.2) is 11.5 Å². The third-order valence-electron chi connectivity index (χ3n) is 6.68. The Balaban J connectivity index is 1.57. The Morgan fingerprint density at radius 2 is 1.79 bits per heavy atom. The predicted octanol–water partition coefficient (Wildman–Crippen LogP) is 4.95. The average molecular weight is 530 g/mol. The highest BCUT2D eigenvalue weighted by Gasteiger charge is 2.31. The molecule has 5 rings (SSSR count). The predicted molar refractivity (Wildman–Crippen MR) is 148 cm³/mol. The fourth-order valence-electron chi connectivity index (χ4n) is 4.71. The average Bonchev–Trinajstić information content (AvgIpc) is 3.22. The number of methoxy groups -OCH3 is 2. The monoisotopic (exact) mass is 529 g/mol. The SMILES string of the molecule is CCOc1cccc2c1Oc1c(c(=O)n(-c3ccc(CC)cc3)n1CC(=O)Nc1ccc(OC)cc1OC)C2. The van der Waals surface area contributed by atoms with E-state index in [0.29, 0.717) is 58.8 Å². The summed E-state index contributed by atoms with van der Waals surface area (Å²) in [4.78, 5) is 27.2. The molecule has 0 bridgehead atoms. The highest BCUT2D eigenvalue weighted by atomic mass is 16.5. The van der Waals surface area contributed by atoms with Crippen LogP contribution in [-0.4, -0.2) is 36.1 Å². The van der Waals surface area contributed by atoms with Crippen molar-refractivity contribution in [2.24, 2.45) is 0 Å². The number of fused-ring (bicyclic) bond motifs is 2. The van der Waals surface area contributed by atoms with Gasteiger partial charge in [-0.2, -0.15) is 0 Å². The maximum atomic E-state index is 13.8. The first kappa shape index (κ1) is 26.0. The molecule has 1 aliphatic rings. The Morgan fingerprint density at radius 3 is 2.49 bits per heavy atom. The molecule has 1 N–H and O–H groups in total. The number of benzene rings is 3. The molecule has 0 atom stereocenters. The number of hydrogen-bond donors (Lipinski definition) is 1. The summed E-state index contributed by atoms with van der Waals surface area (Å²) >= 11 is 0. The minimum atomic E-state index is -0.359. The second kappa shape index (κ2) is 11.0. The maximum absolute atomic E-state index is 13.8. The van der Waals surface area contributed by atoms with E-state index in [0.717, 1.165) is 17.5 Å². The van der Waals surface area contributed by atoms with Crippen molar-refractivity contribution in [3.05, 3.63) is 87.7 Å². The molecule has 0 radical (unpaired) electrons. The van der Waals surface area contributed by atoms with Gasteiger partial charge in [-0.25, -0.2) is 9.36 Å². The van der Waals surface area contributed by atoms with Gasteiger partial charge in [0.05, 0.1) is 37.8 Å². The summed E-state index contributed by atoms with van der Waals surface area (Å²) in [5, 5.41) is 2.89. The highest BCUT2D eigenvalue weighted by Crippen LogP contribution is 2.42. The quantitative estimate of drug-likeness (QED) is 0.290. The van der Waals surface area contributed by atoms with Crippen LogP contribution in [0.25, 0.3) is 5.69 Å². The molecule has 39 heavy (non-hydrogen) atoms. The molecule has 0 spiro atoms. The smallest absolute Gasteiger partial charge is 0.278 e. The number of rotatable bonds is 9. The first-order chi connectivity index (χ1) is 19.0. The van der Waals surface area contributed by atoms with Crippen LogP contribution in [0.3, 0.4) is 0 Å². The Hall–Kier alpha value is -4.66. The van der Waals surface area contributed by atoms with Crippen molar-refractivity contribution in [2.75, 3.05) is 26.1 Å². The van der Waals surface area contributed by atoms with Gasteiger partial charge in [0.2, 0.25) is 11.8 Å². The van der Waals surface area contributed by atoms with Crippen molar-refractivity contribution < 1.29 is 23.7 Å². The van der Waals surface area contributed by atoms with Crippen molar-refractivity contribution >= 4 is 11.6 Å². The number of para-hydroxylation sites is 1. The molecule has 9 heteroatoms. The molecule has 202 valence electrons. The lowest BCUT2D eigenvalue weighted by Gasteiger charge is -2.21. The fraction of sp³-hybridized carbons (Fsp3) is 0.267. The summed E-state index contributed by atoms with van der Waals surface area (Å²) in [6.45, 7) is 4.26. The van der Waals surface area contributed by atoms with Crippen molar-refractivity contribution in [1.82, 2.24) is 9.36 Å². The fourth-order valence-corrected chi connectivity index (χ4v) is 4.71. The molecule has 1 aromatic heterocycles. The number of nitrogens with zero attached hydrogens (tertiary/aromatic N) is 2. The van der Waals surface area contributed by atoms with E-state index >= 15 is 0 Å². The van der Waals surface area contributed by atoms with E-state index in [1.165, 1.54) is 11.8 Å². The lowest BCUT2D eigenvalue weighted by molar-refractivity contribution is -0.117. The molecular formula is C30H31N3O6. The van der Waals surface area contributed by atoms with Crippen molar-refractivity contribution in [1.29, 1.82) is 0 Å². The van der Waals surface area contributed by atoms with Crippen molar-refractivity contribution in [3.63, 3.8) is 0 Å². The van der Waals surface area contributed by atoms with Crippen LogP contribution in [0.1, 0.15) is 30.5 Å². The van der Waals surface area contributed by atoms with Crippen LogP contribution < -0.4 is 29.8 Å². The normalized spacial score (nSPS) is 11.7. The Kier molecular flexibility index (Phi) is 7.31. The zero-order chi connectivity index (χ0) is 27.5. The van der Waals surface area contributed by atoms with E-state index in [4.69, 9.17) is 18.9 Å². The molecule has 0 saturated carbocycles. The molecule has 1 amide bonds. The van der Waals surface area contributed by atoms with Gasteiger partial charge >= 0.3 is 0 Å². The first-order valence-corrected chi connectivity index (χ1v) is 12.9. The second-order valence-electron chi connectivity index (χ2n) is 9.05. The molecule has 0 fully saturated rings. The molecule has 0 aliphatic carbocycles. The molecule has 1 aliphatic heterocycles. The largest absolute Gasteiger partial charge is 0.497 e. The standard InChI is InChI=1S/C30H31N3O6/c1-5-19-10-12-21(13-11-19)33-29(35)23-16-20-8-7-9-25(38-6-2)28(20)39-30(23)32(33)18-27(34)31-24-15-14-22(36-3)17-26(24)37-4/h7-15,17H,5-6,16,18H2,1-4H3,(H,31,34). The number of hydrogen-bond acceptors (Lipinski definition) is 6. The van der Waals surface area contributed by atoms with Crippen LogP contribution in [-0.2, 0) is 24.2 Å². The van der Waals surface area contributed by atoms with E-state index in [1.807, 2.05) is 49.4 Å². The summed E-state index contributed by atoms with van der Waals surface area (Å²) in [5.41, 5.74) is 3.35. The van der Waals surface area contributed by atoms with E-state index in [9.17, 15) is 9.59 Å². The van der Waals surface area contributed by atoms with E-state index in [-0.39, 0.29) is 18.0 Å². The minimum absolute atomic E-state index is 0.179. The number of aromatic nitrogens is 2. The van der Waals surface area contributed by atoms with Crippen LogP contribution in [0, 0.1) is 0 Å². The first-order valence-electron chi connectivity index (χ1n) is 12.9. The molecule has 3 aromatic carbocycles. The highest BCUT2D eigenvalue weighted by molar-refractivity contribution is 5.92. The number of amides is 1. The summed E-state index contributed by atoms with van der Waals surface area (Å²) in [6, 6.07) is 18.5. The summed E-state index contributed by atoms with van der Waals surface area (Å²) < 4.78 is 25.9. The van der Waals surface area contributed by atoms with Gasteiger partial charge in [0, 0.05) is 18.1 Å². The molecule has 0 unspecified atom stereocenters. The number of ether oxygens (including phenoxy) is 4. The zero-order valence-corrected chi connectivity index (χ0v) is 22.4. The van der Waals surface area contributed by atoms with Crippen molar-refractivity contribution in [2.45, 2.75) is 33.2 Å². The Bertz CT molecular complexity index is 1570. The van der Waals surface area contributed by atoms with Gasteiger partial charge in [-0.3, -0.25) is 9.59 Å². The lowest BCUT2D eigenvalue weighted by atomic mass is 10.0. The van der Waals surface area contributed by atoms with E-state index < -0.39 is 0 Å². The number of aryl methyl sites for hydroxylation is 1. The molecule has 2 heterocycles. The van der Waals surface area contributed by atoms with Crippen LogP contribution >= 0.6 is 0 Å². The molecule has 0 saturated heterocycles. The van der Waals surface area contributed by atoms with Gasteiger partial charge in [0.25, 0.3) is 5.56 Å². The van der Waals surface area contributed by atoms with Gasteiger partial charge in [0.1, 0.15) is 18.0 Å². The van der Waals surface area contributed by atoms with Crippen LogP contribution in [0.5, 0.6) is 28.9 Å². The lowest BCUT2D eigenvalue weighted by Crippen LogP contribution is -2.27. The molecule has 4 aromatic rings. The molecule has 9 nitrogen and oxygen atoms in total. The number of anilines is 1. The van der Waals surface area contributed by atoms with Gasteiger partial charge in [-0.1, -0.05) is 31.2 Å². The summed E-state index contributed by atoms with van der Waals surface area (Å²) in [7, 11) is 3.08. The third-order valence-corrected chi connectivity index (χ3v) is 6.68. The van der Waals surface area contributed by atoms with Gasteiger partial charge in [-0.15, -0.1) is 0 Å². The van der Waals surface area contributed by atoms with Crippen molar-refractivity contribution in [3.8, 4) is 34.6 Å². The summed E-state index contributed by atoms with van der Waals surface area (Å²) in [6.07, 6.45) is 1.23. The third kappa shape index (κ3) is 4.95. The Labute approximate surface area is 226 Å². The van der Waals surface area contributed by atoms with Crippen LogP contribution in [0.2, 0.25) is 0 Å². The van der Waals surface area contributed by atoms with Crippen LogP contribution in [0.15, 0.2) is 65.5 Å². The van der Waals surface area contributed by atoms with Gasteiger partial charge < -0.3 is 24.3 Å². The zero-order valence-electron chi connectivity index (χ0n) is 22.4.